The maximum atomic E-state index is 5.84. The van der Waals surface area contributed by atoms with Crippen LogP contribution in [0.1, 0.15) is 30.9 Å². The van der Waals surface area contributed by atoms with Gasteiger partial charge in [0.25, 0.3) is 0 Å². The van der Waals surface area contributed by atoms with Crippen LogP contribution in [0.3, 0.4) is 0 Å². The monoisotopic (exact) mass is 280 g/mol. The minimum atomic E-state index is 0.289. The largest absolute Gasteiger partial charge is 0.382 e. The fourth-order valence-electron chi connectivity index (χ4n) is 2.10. The van der Waals surface area contributed by atoms with Crippen molar-refractivity contribution in [2.24, 2.45) is 16.7 Å². The fraction of sp³-hybridized carbons (Fsp3) is 0.176. The number of amidine groups is 1. The van der Waals surface area contributed by atoms with E-state index in [2.05, 4.69) is 29.7 Å². The van der Waals surface area contributed by atoms with Gasteiger partial charge in [-0.3, -0.25) is 4.98 Å². The van der Waals surface area contributed by atoms with Crippen molar-refractivity contribution < 1.29 is 0 Å². The van der Waals surface area contributed by atoms with E-state index in [1.807, 2.05) is 43.5 Å². The van der Waals surface area contributed by atoms with Gasteiger partial charge in [-0.05, 0) is 18.6 Å². The molecule has 0 spiro atoms. The third-order valence-electron chi connectivity index (χ3n) is 3.64. The van der Waals surface area contributed by atoms with Gasteiger partial charge in [-0.1, -0.05) is 49.4 Å². The molecule has 1 unspecified atom stereocenters. The number of hydrogen-bond acceptors (Lipinski definition) is 3. The molecule has 2 aromatic rings. The zero-order valence-electron chi connectivity index (χ0n) is 12.4. The first-order valence-corrected chi connectivity index (χ1v) is 6.79. The molecule has 0 aliphatic carbocycles. The average Bonchev–Trinajstić information content (AvgIpc) is 2.53. The van der Waals surface area contributed by atoms with Crippen molar-refractivity contribution in [3.05, 3.63) is 65.9 Å². The highest BCUT2D eigenvalue weighted by molar-refractivity contribution is 6.02. The van der Waals surface area contributed by atoms with Crippen molar-refractivity contribution in [1.29, 1.82) is 0 Å². The average molecular weight is 280 g/mol. The molecule has 4 nitrogen and oxygen atoms in total. The summed E-state index contributed by atoms with van der Waals surface area (Å²) < 4.78 is 0. The van der Waals surface area contributed by atoms with Crippen molar-refractivity contribution in [3.8, 4) is 11.3 Å². The minimum absolute atomic E-state index is 0.289. The summed E-state index contributed by atoms with van der Waals surface area (Å²) >= 11 is 0. The third kappa shape index (κ3) is 3.11. The maximum absolute atomic E-state index is 5.84. The van der Waals surface area contributed by atoms with E-state index >= 15 is 0 Å². The topological polar surface area (TPSA) is 77.3 Å². The lowest BCUT2D eigenvalue weighted by molar-refractivity contribution is 0.890. The van der Waals surface area contributed by atoms with Gasteiger partial charge in [-0.2, -0.15) is 5.10 Å². The fourth-order valence-corrected chi connectivity index (χ4v) is 2.10. The quantitative estimate of drug-likeness (QED) is 0.297. The molecule has 21 heavy (non-hydrogen) atoms. The molecular weight excluding hydrogens is 260 g/mol. The van der Waals surface area contributed by atoms with E-state index in [-0.39, 0.29) is 5.92 Å². The van der Waals surface area contributed by atoms with Crippen LogP contribution in [0.4, 0.5) is 0 Å². The Morgan fingerprint density at radius 1 is 1.24 bits per heavy atom. The smallest absolute Gasteiger partial charge is 0.150 e. The van der Waals surface area contributed by atoms with E-state index in [9.17, 15) is 0 Å². The van der Waals surface area contributed by atoms with Gasteiger partial charge in [0.15, 0.2) is 5.84 Å². The summed E-state index contributed by atoms with van der Waals surface area (Å²) in [5.74, 6) is 5.87. The first kappa shape index (κ1) is 14.8. The highest BCUT2D eigenvalue weighted by Crippen LogP contribution is 2.25. The van der Waals surface area contributed by atoms with Crippen LogP contribution in [0.5, 0.6) is 0 Å². The molecule has 0 amide bonds. The molecule has 0 aliphatic rings. The van der Waals surface area contributed by atoms with Gasteiger partial charge in [0.1, 0.15) is 0 Å². The Morgan fingerprint density at radius 3 is 2.52 bits per heavy atom. The molecule has 1 heterocycles. The molecular formula is C17H20N4. The van der Waals surface area contributed by atoms with Gasteiger partial charge >= 0.3 is 0 Å². The first-order valence-electron chi connectivity index (χ1n) is 6.79. The van der Waals surface area contributed by atoms with Gasteiger partial charge in [-0.25, -0.2) is 0 Å². The molecule has 4 N–H and O–H groups in total. The predicted octanol–water partition coefficient (Wildman–Crippen LogP) is 3.01. The van der Waals surface area contributed by atoms with Crippen LogP contribution in [0.2, 0.25) is 0 Å². The number of allylic oxidation sites excluding steroid dienone is 1. The molecule has 4 heteroatoms. The Kier molecular flexibility index (Phi) is 4.38. The van der Waals surface area contributed by atoms with Crippen LogP contribution in [0, 0.1) is 0 Å². The summed E-state index contributed by atoms with van der Waals surface area (Å²) in [6, 6.07) is 11.7. The summed E-state index contributed by atoms with van der Waals surface area (Å²) in [6.45, 7) is 8.12. The predicted molar refractivity (Wildman–Crippen MR) is 87.8 cm³/mol. The molecule has 2 rings (SSSR count). The molecule has 0 saturated carbocycles. The van der Waals surface area contributed by atoms with Crippen LogP contribution >= 0.6 is 0 Å². The molecule has 108 valence electrons. The van der Waals surface area contributed by atoms with Gasteiger partial charge in [-0.15, -0.1) is 0 Å². The first-order chi connectivity index (χ1) is 10.0. The summed E-state index contributed by atoms with van der Waals surface area (Å²) in [5.41, 5.74) is 10.6. The summed E-state index contributed by atoms with van der Waals surface area (Å²) in [6.07, 6.45) is 1.88. The normalized spacial score (nSPS) is 13.0. The number of benzene rings is 1. The van der Waals surface area contributed by atoms with Crippen LogP contribution in [-0.2, 0) is 0 Å². The molecule has 1 aromatic carbocycles. The van der Waals surface area contributed by atoms with E-state index < -0.39 is 0 Å². The molecule has 0 saturated heterocycles. The van der Waals surface area contributed by atoms with E-state index in [0.29, 0.717) is 5.84 Å². The van der Waals surface area contributed by atoms with Gasteiger partial charge < -0.3 is 11.6 Å². The standard InChI is InChI=1S/C17H20N4/c1-11(2)12(3)13-8-9-16(20-10-13)14-6-4-5-7-15(14)17(18)21-19/h4-10,12H,1,19H2,2-3H3,(H2,18,21). The Hall–Kier alpha value is -2.62. The van der Waals surface area contributed by atoms with Crippen molar-refractivity contribution in [2.45, 2.75) is 19.8 Å². The molecule has 0 bridgehead atoms. The number of pyridine rings is 1. The summed E-state index contributed by atoms with van der Waals surface area (Å²) in [5, 5.41) is 3.57. The van der Waals surface area contributed by atoms with E-state index in [1.54, 1.807) is 0 Å². The number of rotatable bonds is 4. The lowest BCUT2D eigenvalue weighted by Gasteiger charge is -2.12. The summed E-state index contributed by atoms with van der Waals surface area (Å²) in [7, 11) is 0. The molecule has 1 aromatic heterocycles. The van der Waals surface area contributed by atoms with E-state index in [0.717, 1.165) is 28.0 Å². The Balaban J connectivity index is 2.42. The van der Waals surface area contributed by atoms with Crippen molar-refractivity contribution in [3.63, 3.8) is 0 Å². The maximum Gasteiger partial charge on any atom is 0.150 e. The van der Waals surface area contributed by atoms with E-state index in [4.69, 9.17) is 11.6 Å². The van der Waals surface area contributed by atoms with Crippen molar-refractivity contribution >= 4 is 5.84 Å². The Morgan fingerprint density at radius 2 is 1.95 bits per heavy atom. The summed E-state index contributed by atoms with van der Waals surface area (Å²) in [4.78, 5) is 4.54. The number of hydrazone groups is 1. The van der Waals surface area contributed by atoms with Crippen molar-refractivity contribution in [2.75, 3.05) is 0 Å². The van der Waals surface area contributed by atoms with Gasteiger partial charge in [0, 0.05) is 23.2 Å². The van der Waals surface area contributed by atoms with Gasteiger partial charge in [0.2, 0.25) is 0 Å². The lowest BCUT2D eigenvalue weighted by Crippen LogP contribution is -2.16. The Bertz CT molecular complexity index is 671. The van der Waals surface area contributed by atoms with E-state index in [1.165, 1.54) is 0 Å². The molecule has 0 radical (unpaired) electrons. The minimum Gasteiger partial charge on any atom is -0.382 e. The lowest BCUT2D eigenvalue weighted by atomic mass is 9.95. The Labute approximate surface area is 125 Å². The second kappa shape index (κ2) is 6.22. The van der Waals surface area contributed by atoms with Crippen LogP contribution in [-0.4, -0.2) is 10.8 Å². The van der Waals surface area contributed by atoms with Crippen LogP contribution in [0.15, 0.2) is 59.8 Å². The second-order valence-electron chi connectivity index (χ2n) is 5.10. The number of nitrogens with two attached hydrogens (primary N) is 2. The molecule has 0 fully saturated rings. The number of hydrogen-bond donors (Lipinski definition) is 2. The highest BCUT2D eigenvalue weighted by Gasteiger charge is 2.11. The zero-order chi connectivity index (χ0) is 15.4. The van der Waals surface area contributed by atoms with Crippen LogP contribution in [0.25, 0.3) is 11.3 Å². The number of aromatic nitrogens is 1. The van der Waals surface area contributed by atoms with Crippen molar-refractivity contribution in [1.82, 2.24) is 4.98 Å². The SMILES string of the molecule is C=C(C)C(C)c1ccc(-c2ccccc2/C(N)=N/N)nc1. The molecule has 1 atom stereocenters. The molecule has 0 aliphatic heterocycles. The zero-order valence-corrected chi connectivity index (χ0v) is 12.4. The third-order valence-corrected chi connectivity index (χ3v) is 3.64. The highest BCUT2D eigenvalue weighted by atomic mass is 15.2. The van der Waals surface area contributed by atoms with Crippen LogP contribution < -0.4 is 11.6 Å². The second-order valence-corrected chi connectivity index (χ2v) is 5.10. The van der Waals surface area contributed by atoms with Gasteiger partial charge in [0.05, 0.1) is 5.69 Å². The number of nitrogens with zero attached hydrogens (tertiary/aromatic N) is 2.